The average Bonchev–Trinajstić information content (AvgIpc) is 3.82. The molecule has 4 atom stereocenters. The molecule has 1 aliphatic carbocycles. The van der Waals surface area contributed by atoms with Crippen LogP contribution in [0.5, 0.6) is 0 Å². The van der Waals surface area contributed by atoms with E-state index in [-0.39, 0.29) is 36.5 Å². The molecular weight excluding hydrogens is 634 g/mol. The number of carbonyl (C=O) groups excluding carboxylic acids is 2. The van der Waals surface area contributed by atoms with Gasteiger partial charge in [0.2, 0.25) is 15.9 Å². The first-order valence-electron chi connectivity index (χ1n) is 15.2. The molecule has 5 rings (SSSR count). The van der Waals surface area contributed by atoms with Gasteiger partial charge in [0.1, 0.15) is 17.7 Å². The summed E-state index contributed by atoms with van der Waals surface area (Å²) in [6.45, 7) is 0.0964. The van der Waals surface area contributed by atoms with Crippen LogP contribution in [0.25, 0.3) is 0 Å². The van der Waals surface area contributed by atoms with Crippen LogP contribution in [0.15, 0.2) is 83.8 Å². The highest BCUT2D eigenvalue weighted by Gasteiger charge is 2.43. The van der Waals surface area contributed by atoms with E-state index in [4.69, 9.17) is 4.74 Å². The minimum Gasteiger partial charge on any atom is -0.465 e. The smallest absolute Gasteiger partial charge is 0.407 e. The van der Waals surface area contributed by atoms with Crippen molar-refractivity contribution in [2.75, 3.05) is 26.7 Å². The van der Waals surface area contributed by atoms with Gasteiger partial charge < -0.3 is 25.4 Å². The summed E-state index contributed by atoms with van der Waals surface area (Å²) in [5.74, 6) is -2.37. The zero-order valence-corrected chi connectivity index (χ0v) is 26.4. The minimum absolute atomic E-state index is 0.0192. The maximum atomic E-state index is 13.8. The van der Waals surface area contributed by atoms with E-state index >= 15 is 0 Å². The second kappa shape index (κ2) is 14.5. The van der Waals surface area contributed by atoms with E-state index in [1.807, 2.05) is 0 Å². The third kappa shape index (κ3) is 8.06. The molecule has 14 heteroatoms. The molecule has 0 spiro atoms. The van der Waals surface area contributed by atoms with Gasteiger partial charge in [-0.3, -0.25) is 4.79 Å². The zero-order valence-electron chi connectivity index (χ0n) is 25.6. The van der Waals surface area contributed by atoms with E-state index in [2.05, 4.69) is 10.6 Å². The van der Waals surface area contributed by atoms with Crippen molar-refractivity contribution in [3.05, 3.63) is 102 Å². The van der Waals surface area contributed by atoms with E-state index in [0.29, 0.717) is 30.4 Å². The minimum atomic E-state index is -3.87. The molecule has 2 aliphatic rings. The fourth-order valence-corrected chi connectivity index (χ4v) is 7.78. The van der Waals surface area contributed by atoms with Crippen molar-refractivity contribution >= 4 is 28.1 Å². The Morgan fingerprint density at radius 2 is 1.51 bits per heavy atom. The van der Waals surface area contributed by atoms with E-state index in [1.165, 1.54) is 69.9 Å². The largest absolute Gasteiger partial charge is 0.465 e. The van der Waals surface area contributed by atoms with Crippen molar-refractivity contribution in [2.45, 2.75) is 48.2 Å². The number of benzene rings is 3. The second-order valence-corrected chi connectivity index (χ2v) is 13.6. The number of hydrogen-bond acceptors (Lipinski definition) is 6. The highest BCUT2D eigenvalue weighted by molar-refractivity contribution is 7.89. The van der Waals surface area contributed by atoms with E-state index < -0.39 is 57.8 Å². The predicted molar refractivity (Wildman–Crippen MR) is 167 cm³/mol. The number of ether oxygens (including phenoxy) is 1. The van der Waals surface area contributed by atoms with Gasteiger partial charge in [-0.2, -0.15) is 4.31 Å². The Bertz CT molecular complexity index is 1630. The van der Waals surface area contributed by atoms with Crippen LogP contribution in [0.4, 0.5) is 18.4 Å². The van der Waals surface area contributed by atoms with Gasteiger partial charge in [-0.15, -0.1) is 0 Å². The standard InChI is InChI=1S/C33H36F2N4O7S/c1-46-32(41)37-30(29(21-7-12-24(34)13-8-21)22-9-14-25(35)15-10-22)31(40)36-28-19-23(28)11-16-26-20-38(33(42)43)17-18-39(26)47(44,45)27-5-3-2-4-6-27/h2-10,12-15,23,26,28-30H,11,16-20H2,1H3,(H,36,40)(H,37,41)(H,42,43)/t23?,26?,28?,30-/m1/s1. The lowest BCUT2D eigenvalue weighted by Crippen LogP contribution is -2.56. The highest BCUT2D eigenvalue weighted by atomic mass is 32.2. The molecule has 1 heterocycles. The number of halogens is 2. The SMILES string of the molecule is COC(=O)N[C@@H](C(=O)NC1CC1CCC1CN(C(=O)O)CCN1S(=O)(=O)c1ccccc1)C(c1ccc(F)cc1)c1ccc(F)cc1. The molecule has 2 fully saturated rings. The zero-order chi connectivity index (χ0) is 33.7. The molecular formula is C33H36F2N4O7S. The second-order valence-electron chi connectivity index (χ2n) is 11.7. The summed E-state index contributed by atoms with van der Waals surface area (Å²) in [4.78, 5) is 39.3. The van der Waals surface area contributed by atoms with Crippen LogP contribution >= 0.6 is 0 Å². The number of carboxylic acid groups (broad SMARTS) is 1. The topological polar surface area (TPSA) is 145 Å². The van der Waals surface area contributed by atoms with Crippen molar-refractivity contribution in [2.24, 2.45) is 5.92 Å². The van der Waals surface area contributed by atoms with Gasteiger partial charge in [0.15, 0.2) is 0 Å². The molecule has 0 bridgehead atoms. The lowest BCUT2D eigenvalue weighted by Gasteiger charge is -2.39. The van der Waals surface area contributed by atoms with Crippen molar-refractivity contribution in [3.8, 4) is 0 Å². The van der Waals surface area contributed by atoms with E-state index in [0.717, 1.165) is 7.11 Å². The van der Waals surface area contributed by atoms with Crippen molar-refractivity contribution in [1.29, 1.82) is 0 Å². The molecule has 0 radical (unpaired) electrons. The van der Waals surface area contributed by atoms with Gasteiger partial charge in [-0.25, -0.2) is 26.8 Å². The fourth-order valence-electron chi connectivity index (χ4n) is 6.12. The Hall–Kier alpha value is -4.56. The third-order valence-corrected chi connectivity index (χ3v) is 10.7. The molecule has 1 saturated heterocycles. The van der Waals surface area contributed by atoms with Gasteiger partial charge in [0, 0.05) is 37.6 Å². The highest BCUT2D eigenvalue weighted by Crippen LogP contribution is 2.37. The Labute approximate surface area is 271 Å². The first-order valence-corrected chi connectivity index (χ1v) is 16.6. The van der Waals surface area contributed by atoms with Crippen LogP contribution in [0.3, 0.4) is 0 Å². The van der Waals surface area contributed by atoms with Gasteiger partial charge >= 0.3 is 12.2 Å². The number of carbonyl (C=O) groups is 3. The number of methoxy groups -OCH3 is 1. The van der Waals surface area contributed by atoms with Gasteiger partial charge in [0.25, 0.3) is 0 Å². The quantitative estimate of drug-likeness (QED) is 0.278. The molecule has 3 N–H and O–H groups in total. The van der Waals surface area contributed by atoms with Crippen LogP contribution in [-0.2, 0) is 19.6 Å². The maximum absolute atomic E-state index is 13.8. The van der Waals surface area contributed by atoms with Crippen molar-refractivity contribution in [1.82, 2.24) is 19.8 Å². The average molecular weight is 671 g/mol. The summed E-state index contributed by atoms with van der Waals surface area (Å²) < 4.78 is 60.7. The monoisotopic (exact) mass is 670 g/mol. The number of alkyl carbamates (subject to hydrolysis) is 1. The first-order chi connectivity index (χ1) is 22.5. The molecule has 3 aromatic carbocycles. The Morgan fingerprint density at radius 3 is 2.06 bits per heavy atom. The summed E-state index contributed by atoms with van der Waals surface area (Å²) in [5.41, 5.74) is 1.00. The third-order valence-electron chi connectivity index (χ3n) is 8.70. The molecule has 3 amide bonds. The van der Waals surface area contributed by atoms with E-state index in [9.17, 15) is 36.7 Å². The molecule has 3 aromatic rings. The summed E-state index contributed by atoms with van der Waals surface area (Å²) >= 11 is 0. The van der Waals surface area contributed by atoms with Crippen LogP contribution in [0.2, 0.25) is 0 Å². The number of piperazine rings is 1. The number of nitrogens with zero attached hydrogens (tertiary/aromatic N) is 2. The molecule has 0 aromatic heterocycles. The number of hydrogen-bond donors (Lipinski definition) is 3. The number of nitrogens with one attached hydrogen (secondary N) is 2. The Balaban J connectivity index is 1.30. The van der Waals surface area contributed by atoms with Crippen molar-refractivity contribution < 1.29 is 41.4 Å². The molecule has 250 valence electrons. The molecule has 1 aliphatic heterocycles. The molecule has 3 unspecified atom stereocenters. The maximum Gasteiger partial charge on any atom is 0.407 e. The summed E-state index contributed by atoms with van der Waals surface area (Å²) in [7, 11) is -2.71. The van der Waals surface area contributed by atoms with Crippen LogP contribution in [0.1, 0.15) is 36.3 Å². The Morgan fingerprint density at radius 1 is 0.915 bits per heavy atom. The lowest BCUT2D eigenvalue weighted by molar-refractivity contribution is -0.123. The first kappa shape index (κ1) is 33.8. The summed E-state index contributed by atoms with van der Waals surface area (Å²) in [6.07, 6.45) is -0.519. The molecule has 11 nitrogen and oxygen atoms in total. The van der Waals surface area contributed by atoms with Crippen molar-refractivity contribution in [3.63, 3.8) is 0 Å². The Kier molecular flexibility index (Phi) is 10.4. The number of rotatable bonds is 11. The van der Waals surface area contributed by atoms with Crippen LogP contribution < -0.4 is 10.6 Å². The van der Waals surface area contributed by atoms with Crippen LogP contribution in [-0.4, -0.2) is 85.7 Å². The molecule has 47 heavy (non-hydrogen) atoms. The van der Waals surface area contributed by atoms with Crippen LogP contribution in [0, 0.1) is 17.6 Å². The summed E-state index contributed by atoms with van der Waals surface area (Å²) in [6, 6.07) is 16.8. The number of sulfonamides is 1. The fraction of sp³-hybridized carbons (Fsp3) is 0.364. The predicted octanol–water partition coefficient (Wildman–Crippen LogP) is 4.16. The lowest BCUT2D eigenvalue weighted by atomic mass is 9.84. The summed E-state index contributed by atoms with van der Waals surface area (Å²) in [5, 5.41) is 15.1. The van der Waals surface area contributed by atoms with E-state index in [1.54, 1.807) is 18.2 Å². The van der Waals surface area contributed by atoms with Gasteiger partial charge in [-0.1, -0.05) is 42.5 Å². The van der Waals surface area contributed by atoms with Gasteiger partial charge in [0.05, 0.1) is 12.0 Å². The van der Waals surface area contributed by atoms with Gasteiger partial charge in [-0.05, 0) is 72.7 Å². The molecule has 1 saturated carbocycles. The normalized spacial score (nSPS) is 20.3. The number of amides is 3.